The molecule has 0 aliphatic carbocycles. The summed E-state index contributed by atoms with van der Waals surface area (Å²) in [6.45, 7) is 0. The maximum absolute atomic E-state index is 4.63. The van der Waals surface area contributed by atoms with E-state index in [9.17, 15) is 0 Å². The first-order chi connectivity index (χ1) is 11.4. The van der Waals surface area contributed by atoms with Crippen molar-refractivity contribution in [3.8, 4) is 11.4 Å². The zero-order chi connectivity index (χ0) is 15.2. The van der Waals surface area contributed by atoms with Gasteiger partial charge >= 0.3 is 0 Å². The fourth-order valence-corrected chi connectivity index (χ4v) is 4.11. The maximum Gasteiger partial charge on any atom is 0.106 e. The van der Waals surface area contributed by atoms with Crippen LogP contribution < -0.4 is 0 Å². The summed E-state index contributed by atoms with van der Waals surface area (Å²) in [5.74, 6) is 0. The van der Waals surface area contributed by atoms with Gasteiger partial charge in [-0.05, 0) is 23.6 Å². The molecule has 0 aliphatic heterocycles. The number of thiophene rings is 1. The topological polar surface area (TPSA) is 38.7 Å². The molecule has 0 spiro atoms. The summed E-state index contributed by atoms with van der Waals surface area (Å²) in [6.07, 6.45) is 7.53. The van der Waals surface area contributed by atoms with Gasteiger partial charge in [0.25, 0.3) is 0 Å². The summed E-state index contributed by atoms with van der Waals surface area (Å²) >= 11 is 1.75. The number of hydrogen-bond acceptors (Lipinski definition) is 4. The molecule has 0 N–H and O–H groups in total. The normalized spacial score (nSPS) is 11.5. The van der Waals surface area contributed by atoms with Crippen LogP contribution in [0.1, 0.15) is 0 Å². The molecular formula is C19H11N3S. The molecule has 0 radical (unpaired) electrons. The van der Waals surface area contributed by atoms with Crippen molar-refractivity contribution in [2.75, 3.05) is 0 Å². The lowest BCUT2D eigenvalue weighted by molar-refractivity contribution is 1.29. The second-order valence-corrected chi connectivity index (χ2v) is 6.48. The summed E-state index contributed by atoms with van der Waals surface area (Å²) in [6, 6.07) is 14.5. The quantitative estimate of drug-likeness (QED) is 0.434. The van der Waals surface area contributed by atoms with Crippen LogP contribution in [0.3, 0.4) is 0 Å². The van der Waals surface area contributed by atoms with E-state index >= 15 is 0 Å². The van der Waals surface area contributed by atoms with Gasteiger partial charge in [-0.15, -0.1) is 11.3 Å². The average Bonchev–Trinajstić information content (AvgIpc) is 3.00. The lowest BCUT2D eigenvalue weighted by Gasteiger charge is -2.03. The van der Waals surface area contributed by atoms with Gasteiger partial charge in [-0.2, -0.15) is 0 Å². The Kier molecular flexibility index (Phi) is 2.66. The monoisotopic (exact) mass is 313 g/mol. The van der Waals surface area contributed by atoms with Gasteiger partial charge < -0.3 is 0 Å². The Hall–Kier alpha value is -2.85. The van der Waals surface area contributed by atoms with Crippen molar-refractivity contribution in [3.05, 3.63) is 67.3 Å². The highest BCUT2D eigenvalue weighted by Crippen LogP contribution is 2.37. The third kappa shape index (κ3) is 1.92. The molecule has 108 valence electrons. The van der Waals surface area contributed by atoms with E-state index in [0.717, 1.165) is 16.8 Å². The Bertz CT molecular complexity index is 1180. The van der Waals surface area contributed by atoms with Gasteiger partial charge in [0, 0.05) is 45.6 Å². The number of nitrogens with zero attached hydrogens (tertiary/aromatic N) is 3. The third-order valence-corrected chi connectivity index (χ3v) is 5.25. The van der Waals surface area contributed by atoms with Gasteiger partial charge in [0.1, 0.15) is 5.69 Å². The predicted octanol–water partition coefficient (Wildman–Crippen LogP) is 5.06. The average molecular weight is 313 g/mol. The highest BCUT2D eigenvalue weighted by molar-refractivity contribution is 7.26. The van der Waals surface area contributed by atoms with E-state index in [0.29, 0.717) is 0 Å². The molecule has 5 rings (SSSR count). The molecule has 4 aromatic heterocycles. The molecule has 3 nitrogen and oxygen atoms in total. The minimum Gasteiger partial charge on any atom is -0.264 e. The van der Waals surface area contributed by atoms with Crippen LogP contribution in [-0.4, -0.2) is 15.0 Å². The van der Waals surface area contributed by atoms with E-state index in [1.807, 2.05) is 36.9 Å². The van der Waals surface area contributed by atoms with Gasteiger partial charge in [0.2, 0.25) is 0 Å². The standard InChI is InChI=1S/C19H11N3S/c1-2-4-13-10-22-16(9-12(13)3-1)18-19-14(5-8-21-18)15-11-20-7-6-17(15)23-19/h1-11H. The number of fused-ring (bicyclic) bond motifs is 4. The predicted molar refractivity (Wildman–Crippen MR) is 95.7 cm³/mol. The summed E-state index contributed by atoms with van der Waals surface area (Å²) in [5.41, 5.74) is 1.85. The number of hydrogen-bond donors (Lipinski definition) is 0. The Morgan fingerprint density at radius 3 is 2.65 bits per heavy atom. The van der Waals surface area contributed by atoms with Crippen LogP contribution in [0.25, 0.3) is 42.3 Å². The van der Waals surface area contributed by atoms with Crippen LogP contribution in [0.5, 0.6) is 0 Å². The van der Waals surface area contributed by atoms with Gasteiger partial charge in [0.15, 0.2) is 0 Å². The third-order valence-electron chi connectivity index (χ3n) is 4.06. The van der Waals surface area contributed by atoms with Gasteiger partial charge in [-0.1, -0.05) is 24.3 Å². The fraction of sp³-hybridized carbons (Fsp3) is 0. The van der Waals surface area contributed by atoms with Crippen molar-refractivity contribution in [1.29, 1.82) is 0 Å². The largest absolute Gasteiger partial charge is 0.264 e. The zero-order valence-electron chi connectivity index (χ0n) is 12.1. The number of benzene rings is 1. The van der Waals surface area contributed by atoms with Crippen molar-refractivity contribution in [1.82, 2.24) is 15.0 Å². The molecule has 1 aromatic carbocycles. The van der Waals surface area contributed by atoms with E-state index in [1.165, 1.54) is 25.6 Å². The van der Waals surface area contributed by atoms with E-state index < -0.39 is 0 Å². The highest BCUT2D eigenvalue weighted by Gasteiger charge is 2.12. The maximum atomic E-state index is 4.63. The van der Waals surface area contributed by atoms with Crippen LogP contribution in [0.15, 0.2) is 67.3 Å². The van der Waals surface area contributed by atoms with E-state index in [1.54, 1.807) is 11.3 Å². The molecule has 0 saturated carbocycles. The van der Waals surface area contributed by atoms with Gasteiger partial charge in [0.05, 0.1) is 10.4 Å². The molecule has 23 heavy (non-hydrogen) atoms. The Balaban J connectivity index is 1.84. The second-order valence-electron chi connectivity index (χ2n) is 5.43. The summed E-state index contributed by atoms with van der Waals surface area (Å²) < 4.78 is 2.39. The smallest absolute Gasteiger partial charge is 0.106 e. The summed E-state index contributed by atoms with van der Waals surface area (Å²) in [5, 5.41) is 4.69. The Morgan fingerprint density at radius 1 is 0.783 bits per heavy atom. The first kappa shape index (κ1) is 12.7. The van der Waals surface area contributed by atoms with E-state index in [4.69, 9.17) is 0 Å². The minimum atomic E-state index is 0.911. The van der Waals surface area contributed by atoms with Crippen molar-refractivity contribution in [2.24, 2.45) is 0 Å². The van der Waals surface area contributed by atoms with Crippen LogP contribution >= 0.6 is 11.3 Å². The van der Waals surface area contributed by atoms with Crippen LogP contribution in [0.4, 0.5) is 0 Å². The molecule has 0 aliphatic rings. The summed E-state index contributed by atoms with van der Waals surface area (Å²) in [4.78, 5) is 13.5. The molecule has 0 amide bonds. The molecule has 0 fully saturated rings. The number of aromatic nitrogens is 3. The number of pyridine rings is 3. The first-order valence-corrected chi connectivity index (χ1v) is 8.18. The van der Waals surface area contributed by atoms with E-state index in [-0.39, 0.29) is 0 Å². The fourth-order valence-electron chi connectivity index (χ4n) is 2.94. The zero-order valence-corrected chi connectivity index (χ0v) is 12.9. The van der Waals surface area contributed by atoms with Crippen LogP contribution in [-0.2, 0) is 0 Å². The molecule has 0 atom stereocenters. The molecule has 5 aromatic rings. The van der Waals surface area contributed by atoms with Crippen LogP contribution in [0.2, 0.25) is 0 Å². The van der Waals surface area contributed by atoms with Gasteiger partial charge in [-0.3, -0.25) is 15.0 Å². The lowest BCUT2D eigenvalue weighted by Crippen LogP contribution is -1.87. The lowest BCUT2D eigenvalue weighted by atomic mass is 10.1. The van der Waals surface area contributed by atoms with Crippen molar-refractivity contribution < 1.29 is 0 Å². The van der Waals surface area contributed by atoms with Crippen LogP contribution in [0, 0.1) is 0 Å². The van der Waals surface area contributed by atoms with Crippen molar-refractivity contribution >= 4 is 42.3 Å². The van der Waals surface area contributed by atoms with Crippen molar-refractivity contribution in [3.63, 3.8) is 0 Å². The SMILES string of the molecule is c1ccc2cc(-c3nccc4c3sc3ccncc34)ncc2c1. The Morgan fingerprint density at radius 2 is 1.70 bits per heavy atom. The van der Waals surface area contributed by atoms with E-state index in [2.05, 4.69) is 45.3 Å². The first-order valence-electron chi connectivity index (χ1n) is 7.36. The molecular weight excluding hydrogens is 302 g/mol. The number of rotatable bonds is 1. The minimum absolute atomic E-state index is 0.911. The highest BCUT2D eigenvalue weighted by atomic mass is 32.1. The molecule has 0 saturated heterocycles. The molecule has 0 unspecified atom stereocenters. The molecule has 0 bridgehead atoms. The summed E-state index contributed by atoms with van der Waals surface area (Å²) in [7, 11) is 0. The van der Waals surface area contributed by atoms with Gasteiger partial charge in [-0.25, -0.2) is 0 Å². The molecule has 4 heteroatoms. The molecule has 4 heterocycles. The Labute approximate surface area is 136 Å². The van der Waals surface area contributed by atoms with Crippen molar-refractivity contribution in [2.45, 2.75) is 0 Å². The second kappa shape index (κ2) is 4.83.